The molecule has 1 atom stereocenters. The van der Waals surface area contributed by atoms with Crippen LogP contribution < -0.4 is 0 Å². The average Bonchev–Trinajstić information content (AvgIpc) is 2.80. The van der Waals surface area contributed by atoms with Gasteiger partial charge in [0.15, 0.2) is 0 Å². The number of aryl methyl sites for hydroxylation is 1. The van der Waals surface area contributed by atoms with E-state index in [1.165, 1.54) is 12.1 Å². The molecule has 1 heterocycles. The molecule has 0 aromatic heterocycles. The molecule has 18 heavy (non-hydrogen) atoms. The van der Waals surface area contributed by atoms with Crippen molar-refractivity contribution in [2.45, 2.75) is 19.8 Å². The molecule has 1 aliphatic rings. The number of rotatable bonds is 3. The molecular weight excluding hydrogens is 297 g/mol. The van der Waals surface area contributed by atoms with E-state index in [-0.39, 0.29) is 11.7 Å². The first-order valence-electron chi connectivity index (χ1n) is 6.23. The highest BCUT2D eigenvalue weighted by Gasteiger charge is 2.27. The molecule has 2 nitrogen and oxygen atoms in total. The fraction of sp³-hybridized carbons (Fsp3) is 0.500. The second kappa shape index (κ2) is 5.83. The third-order valence-corrected chi connectivity index (χ3v) is 3.98. The van der Waals surface area contributed by atoms with Gasteiger partial charge in [-0.1, -0.05) is 22.0 Å². The Bertz CT molecular complexity index is 449. The van der Waals surface area contributed by atoms with Crippen LogP contribution in [0.15, 0.2) is 18.2 Å². The van der Waals surface area contributed by atoms with Crippen molar-refractivity contribution in [1.82, 2.24) is 4.90 Å². The predicted octanol–water partition coefficient (Wildman–Crippen LogP) is 3.38. The molecule has 0 spiro atoms. The predicted molar refractivity (Wildman–Crippen MR) is 73.6 cm³/mol. The Kier molecular flexibility index (Phi) is 4.38. The molecule has 98 valence electrons. The molecule has 1 aliphatic heterocycles. The number of alkyl halides is 1. The molecule has 0 N–H and O–H groups in total. The summed E-state index contributed by atoms with van der Waals surface area (Å²) in [5, 5.41) is 0.971. The molecule has 1 aromatic carbocycles. The molecule has 1 fully saturated rings. The van der Waals surface area contributed by atoms with Crippen LogP contribution in [-0.4, -0.2) is 29.2 Å². The van der Waals surface area contributed by atoms with Crippen molar-refractivity contribution in [2.24, 2.45) is 5.92 Å². The monoisotopic (exact) mass is 313 g/mol. The Labute approximate surface area is 115 Å². The van der Waals surface area contributed by atoms with Crippen molar-refractivity contribution in [3.63, 3.8) is 0 Å². The van der Waals surface area contributed by atoms with E-state index in [0.29, 0.717) is 11.5 Å². The van der Waals surface area contributed by atoms with Crippen molar-refractivity contribution in [2.75, 3.05) is 18.4 Å². The van der Waals surface area contributed by atoms with Gasteiger partial charge in [0.25, 0.3) is 5.91 Å². The van der Waals surface area contributed by atoms with Gasteiger partial charge in [-0.2, -0.15) is 0 Å². The topological polar surface area (TPSA) is 20.3 Å². The molecule has 0 aliphatic carbocycles. The lowest BCUT2D eigenvalue weighted by atomic mass is 10.1. The number of likely N-dealkylation sites (tertiary alicyclic amines) is 1. The van der Waals surface area contributed by atoms with Gasteiger partial charge in [0.05, 0.1) is 0 Å². The van der Waals surface area contributed by atoms with Crippen LogP contribution in [0.5, 0.6) is 0 Å². The number of halogens is 2. The van der Waals surface area contributed by atoms with E-state index in [2.05, 4.69) is 15.9 Å². The van der Waals surface area contributed by atoms with Crippen LogP contribution in [0, 0.1) is 18.7 Å². The van der Waals surface area contributed by atoms with E-state index in [9.17, 15) is 9.18 Å². The van der Waals surface area contributed by atoms with Crippen LogP contribution in [0.25, 0.3) is 0 Å². The number of hydrogen-bond acceptors (Lipinski definition) is 1. The van der Waals surface area contributed by atoms with E-state index in [1.807, 2.05) is 11.8 Å². The van der Waals surface area contributed by atoms with E-state index in [4.69, 9.17) is 0 Å². The highest BCUT2D eigenvalue weighted by atomic mass is 79.9. The Morgan fingerprint density at radius 3 is 3.06 bits per heavy atom. The second-order valence-corrected chi connectivity index (χ2v) is 5.64. The standard InChI is InChI=1S/C14H17BrFNO/c1-10-2-3-12(16)8-13(10)14(18)17-7-5-11(9-17)4-6-15/h2-3,8,11H,4-7,9H2,1H3. The fourth-order valence-electron chi connectivity index (χ4n) is 2.40. The summed E-state index contributed by atoms with van der Waals surface area (Å²) in [6, 6.07) is 4.40. The van der Waals surface area contributed by atoms with E-state index < -0.39 is 0 Å². The van der Waals surface area contributed by atoms with Crippen LogP contribution in [0.2, 0.25) is 0 Å². The largest absolute Gasteiger partial charge is 0.338 e. The molecule has 1 aromatic rings. The van der Waals surface area contributed by atoms with Crippen LogP contribution in [0.4, 0.5) is 4.39 Å². The van der Waals surface area contributed by atoms with Gasteiger partial charge in [0.1, 0.15) is 5.82 Å². The number of benzene rings is 1. The summed E-state index contributed by atoms with van der Waals surface area (Å²) >= 11 is 3.43. The van der Waals surface area contributed by atoms with Crippen molar-refractivity contribution >= 4 is 21.8 Å². The Balaban J connectivity index is 2.10. The summed E-state index contributed by atoms with van der Waals surface area (Å²) in [7, 11) is 0. The number of carbonyl (C=O) groups is 1. The number of nitrogens with zero attached hydrogens (tertiary/aromatic N) is 1. The molecule has 4 heteroatoms. The zero-order valence-electron chi connectivity index (χ0n) is 10.5. The molecular formula is C14H17BrFNO. The van der Waals surface area contributed by atoms with Gasteiger partial charge >= 0.3 is 0 Å². The highest BCUT2D eigenvalue weighted by Crippen LogP contribution is 2.23. The van der Waals surface area contributed by atoms with E-state index in [0.717, 1.165) is 36.8 Å². The summed E-state index contributed by atoms with van der Waals surface area (Å²) in [5.74, 6) is 0.186. The molecule has 0 radical (unpaired) electrons. The van der Waals surface area contributed by atoms with Gasteiger partial charge in [-0.05, 0) is 43.4 Å². The molecule has 0 bridgehead atoms. The normalized spacial score (nSPS) is 19.3. The quantitative estimate of drug-likeness (QED) is 0.783. The summed E-state index contributed by atoms with van der Waals surface area (Å²) in [6.07, 6.45) is 2.14. The first-order valence-corrected chi connectivity index (χ1v) is 7.35. The minimum atomic E-state index is -0.347. The summed E-state index contributed by atoms with van der Waals surface area (Å²) in [4.78, 5) is 14.2. The molecule has 1 saturated heterocycles. The van der Waals surface area contributed by atoms with Crippen LogP contribution >= 0.6 is 15.9 Å². The first-order chi connectivity index (χ1) is 8.61. The van der Waals surface area contributed by atoms with Crippen molar-refractivity contribution < 1.29 is 9.18 Å². The third kappa shape index (κ3) is 2.91. The van der Waals surface area contributed by atoms with E-state index in [1.54, 1.807) is 6.07 Å². The zero-order chi connectivity index (χ0) is 13.1. The highest BCUT2D eigenvalue weighted by molar-refractivity contribution is 9.09. The lowest BCUT2D eigenvalue weighted by Crippen LogP contribution is -2.29. The number of amides is 1. The number of carbonyl (C=O) groups excluding carboxylic acids is 1. The average molecular weight is 314 g/mol. The van der Waals surface area contributed by atoms with Crippen molar-refractivity contribution in [1.29, 1.82) is 0 Å². The van der Waals surface area contributed by atoms with Gasteiger partial charge in [-0.3, -0.25) is 4.79 Å². The molecule has 0 saturated carbocycles. The second-order valence-electron chi connectivity index (χ2n) is 4.84. The van der Waals surface area contributed by atoms with Crippen LogP contribution in [-0.2, 0) is 0 Å². The Morgan fingerprint density at radius 2 is 2.33 bits per heavy atom. The van der Waals surface area contributed by atoms with E-state index >= 15 is 0 Å². The van der Waals surface area contributed by atoms with Crippen LogP contribution in [0.1, 0.15) is 28.8 Å². The Morgan fingerprint density at radius 1 is 1.56 bits per heavy atom. The van der Waals surface area contributed by atoms with Gasteiger partial charge in [0, 0.05) is 24.0 Å². The summed E-state index contributed by atoms with van der Waals surface area (Å²) in [5.41, 5.74) is 1.33. The minimum Gasteiger partial charge on any atom is -0.338 e. The zero-order valence-corrected chi connectivity index (χ0v) is 12.0. The lowest BCUT2D eigenvalue weighted by molar-refractivity contribution is 0.0786. The first kappa shape index (κ1) is 13.5. The Hall–Kier alpha value is -0.900. The van der Waals surface area contributed by atoms with Gasteiger partial charge in [-0.15, -0.1) is 0 Å². The van der Waals surface area contributed by atoms with Gasteiger partial charge in [-0.25, -0.2) is 4.39 Å². The molecule has 2 rings (SSSR count). The van der Waals surface area contributed by atoms with Crippen LogP contribution in [0.3, 0.4) is 0 Å². The molecule has 1 amide bonds. The maximum absolute atomic E-state index is 13.2. The van der Waals surface area contributed by atoms with Crippen molar-refractivity contribution in [3.05, 3.63) is 35.1 Å². The minimum absolute atomic E-state index is 0.0379. The third-order valence-electron chi connectivity index (χ3n) is 3.52. The smallest absolute Gasteiger partial charge is 0.254 e. The fourth-order valence-corrected chi connectivity index (χ4v) is 3.05. The maximum atomic E-state index is 13.2. The number of hydrogen-bond donors (Lipinski definition) is 0. The van der Waals surface area contributed by atoms with Gasteiger partial charge < -0.3 is 4.90 Å². The molecule has 1 unspecified atom stereocenters. The summed E-state index contributed by atoms with van der Waals surface area (Å²) in [6.45, 7) is 3.42. The van der Waals surface area contributed by atoms with Crippen molar-refractivity contribution in [3.8, 4) is 0 Å². The summed E-state index contributed by atoms with van der Waals surface area (Å²) < 4.78 is 13.2. The lowest BCUT2D eigenvalue weighted by Gasteiger charge is -2.17. The van der Waals surface area contributed by atoms with Gasteiger partial charge in [0.2, 0.25) is 0 Å². The maximum Gasteiger partial charge on any atom is 0.254 e. The SMILES string of the molecule is Cc1ccc(F)cc1C(=O)N1CCC(CCBr)C1.